The van der Waals surface area contributed by atoms with Crippen LogP contribution in [0.3, 0.4) is 0 Å². The molecule has 5 aromatic rings. The van der Waals surface area contributed by atoms with Crippen molar-refractivity contribution in [1.29, 1.82) is 0 Å². The van der Waals surface area contributed by atoms with E-state index in [1.807, 2.05) is 12.4 Å². The highest BCUT2D eigenvalue weighted by atomic mass is 14.6. The third-order valence-electron chi connectivity index (χ3n) is 9.29. The molecule has 1 heterocycles. The molecule has 206 valence electrons. The minimum atomic E-state index is 0.252. The van der Waals surface area contributed by atoms with Gasteiger partial charge in [-0.2, -0.15) is 0 Å². The molecule has 1 aromatic heterocycles. The molecule has 2 atom stereocenters. The van der Waals surface area contributed by atoms with Crippen LogP contribution >= 0.6 is 0 Å². The van der Waals surface area contributed by atoms with Crippen molar-refractivity contribution in [2.24, 2.45) is 11.8 Å². The van der Waals surface area contributed by atoms with E-state index in [9.17, 15) is 0 Å². The predicted molar refractivity (Wildman–Crippen MR) is 181 cm³/mol. The third kappa shape index (κ3) is 4.44. The van der Waals surface area contributed by atoms with E-state index in [1.54, 1.807) is 0 Å². The summed E-state index contributed by atoms with van der Waals surface area (Å²) in [6.45, 7) is 2.10. The quantitative estimate of drug-likeness (QED) is 0.218. The third-order valence-corrected chi connectivity index (χ3v) is 9.29. The SMILES string of the molecule is Cc1cncc(-c2ccc(C3=c4ccccc4=C(c4cccc5c(C6=CC=CCC6)cccc45)C4C=CC=CC34)cc2)c1. The molecule has 0 saturated heterocycles. The maximum atomic E-state index is 4.42. The molecule has 0 bridgehead atoms. The molecule has 3 aliphatic carbocycles. The number of hydrogen-bond donors (Lipinski definition) is 0. The van der Waals surface area contributed by atoms with Crippen LogP contribution < -0.4 is 10.4 Å². The highest BCUT2D eigenvalue weighted by Gasteiger charge is 2.32. The Kier molecular flexibility index (Phi) is 6.38. The van der Waals surface area contributed by atoms with E-state index >= 15 is 0 Å². The molecule has 1 nitrogen and oxygen atoms in total. The molecular weight excluding hydrogens is 518 g/mol. The fourth-order valence-corrected chi connectivity index (χ4v) is 7.35. The summed E-state index contributed by atoms with van der Waals surface area (Å²) in [7, 11) is 0. The van der Waals surface area contributed by atoms with Crippen molar-refractivity contribution in [1.82, 2.24) is 4.98 Å². The van der Waals surface area contributed by atoms with Gasteiger partial charge in [-0.05, 0) is 91.6 Å². The van der Waals surface area contributed by atoms with Gasteiger partial charge >= 0.3 is 0 Å². The van der Waals surface area contributed by atoms with Crippen LogP contribution in [0.2, 0.25) is 0 Å². The zero-order valence-electron chi connectivity index (χ0n) is 24.4. The summed E-state index contributed by atoms with van der Waals surface area (Å²) in [5.41, 5.74) is 11.8. The van der Waals surface area contributed by atoms with Gasteiger partial charge in [0.05, 0.1) is 0 Å². The predicted octanol–water partition coefficient (Wildman–Crippen LogP) is 8.71. The first-order valence-corrected chi connectivity index (χ1v) is 15.4. The number of benzene rings is 4. The second-order valence-electron chi connectivity index (χ2n) is 11.9. The summed E-state index contributed by atoms with van der Waals surface area (Å²) >= 11 is 0. The Labute approximate surface area is 253 Å². The zero-order valence-corrected chi connectivity index (χ0v) is 24.4. The zero-order chi connectivity index (χ0) is 28.8. The lowest BCUT2D eigenvalue weighted by Gasteiger charge is -2.34. The van der Waals surface area contributed by atoms with E-state index < -0.39 is 0 Å². The Morgan fingerprint density at radius 2 is 1.28 bits per heavy atom. The Hall–Kier alpha value is -5.01. The van der Waals surface area contributed by atoms with Crippen LogP contribution in [0.25, 0.3) is 38.6 Å². The Balaban J connectivity index is 1.37. The van der Waals surface area contributed by atoms with Gasteiger partial charge in [-0.3, -0.25) is 4.98 Å². The minimum Gasteiger partial charge on any atom is -0.264 e. The summed E-state index contributed by atoms with van der Waals surface area (Å²) < 4.78 is 0. The molecule has 0 fully saturated rings. The number of aromatic nitrogens is 1. The number of hydrogen-bond acceptors (Lipinski definition) is 1. The van der Waals surface area contributed by atoms with Crippen LogP contribution in [-0.2, 0) is 0 Å². The summed E-state index contributed by atoms with van der Waals surface area (Å²) in [6, 6.07) is 34.1. The van der Waals surface area contributed by atoms with E-state index in [1.165, 1.54) is 65.7 Å². The average molecular weight is 552 g/mol. The number of allylic oxidation sites excluding steroid dienone is 8. The number of fused-ring (bicyclic) bond motifs is 3. The summed E-state index contributed by atoms with van der Waals surface area (Å²) in [5, 5.41) is 5.34. The first-order valence-electron chi connectivity index (χ1n) is 15.4. The fourth-order valence-electron chi connectivity index (χ4n) is 7.35. The Morgan fingerprint density at radius 1 is 0.605 bits per heavy atom. The van der Waals surface area contributed by atoms with Gasteiger partial charge in [0.2, 0.25) is 0 Å². The lowest BCUT2D eigenvalue weighted by atomic mass is 9.69. The Bertz CT molecular complexity index is 2140. The molecule has 8 rings (SSSR count). The second-order valence-corrected chi connectivity index (χ2v) is 11.9. The average Bonchev–Trinajstić information content (AvgIpc) is 3.07. The molecule has 1 heteroatoms. The van der Waals surface area contributed by atoms with Crippen LogP contribution in [-0.4, -0.2) is 4.98 Å². The number of pyridine rings is 1. The molecule has 4 aromatic carbocycles. The van der Waals surface area contributed by atoms with Gasteiger partial charge in [0.15, 0.2) is 0 Å². The van der Waals surface area contributed by atoms with Gasteiger partial charge in [-0.25, -0.2) is 0 Å². The molecule has 0 radical (unpaired) electrons. The summed E-state index contributed by atoms with van der Waals surface area (Å²) in [5.74, 6) is 0.507. The number of nitrogens with zero attached hydrogens (tertiary/aromatic N) is 1. The standard InChI is InChI=1S/C42H33N/c1-28-25-32(27-43-26-28)29-21-23-31(24-22-29)41-37-13-5-7-15-39(37)42(40-16-8-6-14-38(40)41)36-20-10-18-34-33(17-9-19-35(34)36)30-11-3-2-4-12-30/h2-3,5-11,13-27,37,39H,4,12H2,1H3. The van der Waals surface area contributed by atoms with E-state index in [-0.39, 0.29) is 11.8 Å². The summed E-state index contributed by atoms with van der Waals surface area (Å²) in [6.07, 6.45) is 22.1. The molecular formula is C42H33N. The van der Waals surface area contributed by atoms with Crippen molar-refractivity contribution in [3.8, 4) is 11.1 Å². The largest absolute Gasteiger partial charge is 0.264 e. The normalized spacial score (nSPS) is 18.9. The molecule has 2 unspecified atom stereocenters. The van der Waals surface area contributed by atoms with Gasteiger partial charge in [0, 0.05) is 29.8 Å². The van der Waals surface area contributed by atoms with Crippen LogP contribution in [0.4, 0.5) is 0 Å². The topological polar surface area (TPSA) is 12.9 Å². The highest BCUT2D eigenvalue weighted by molar-refractivity contribution is 6.01. The molecule has 0 N–H and O–H groups in total. The Morgan fingerprint density at radius 3 is 2.00 bits per heavy atom. The molecule has 0 saturated carbocycles. The fraction of sp³-hybridized carbons (Fsp3) is 0.119. The van der Waals surface area contributed by atoms with Gasteiger partial charge in [0.1, 0.15) is 0 Å². The molecule has 43 heavy (non-hydrogen) atoms. The molecule has 0 amide bonds. The van der Waals surface area contributed by atoms with Crippen LogP contribution in [0, 0.1) is 18.8 Å². The molecule has 0 spiro atoms. The van der Waals surface area contributed by atoms with Crippen molar-refractivity contribution in [3.63, 3.8) is 0 Å². The van der Waals surface area contributed by atoms with E-state index in [0.29, 0.717) is 0 Å². The smallest absolute Gasteiger partial charge is 0.0346 e. The van der Waals surface area contributed by atoms with Crippen molar-refractivity contribution in [2.75, 3.05) is 0 Å². The van der Waals surface area contributed by atoms with Crippen LogP contribution in [0.5, 0.6) is 0 Å². The highest BCUT2D eigenvalue weighted by Crippen LogP contribution is 2.43. The van der Waals surface area contributed by atoms with Crippen LogP contribution in [0.15, 0.2) is 146 Å². The van der Waals surface area contributed by atoms with Gasteiger partial charge in [-0.15, -0.1) is 0 Å². The van der Waals surface area contributed by atoms with Crippen molar-refractivity contribution in [2.45, 2.75) is 19.8 Å². The molecule has 3 aliphatic rings. The number of aryl methyl sites for hydroxylation is 1. The van der Waals surface area contributed by atoms with Gasteiger partial charge in [-0.1, -0.05) is 127 Å². The lowest BCUT2D eigenvalue weighted by molar-refractivity contribution is 0.687. The van der Waals surface area contributed by atoms with E-state index in [0.717, 1.165) is 18.4 Å². The maximum Gasteiger partial charge on any atom is 0.0346 e. The van der Waals surface area contributed by atoms with E-state index in [4.69, 9.17) is 0 Å². The first-order chi connectivity index (χ1) is 21.3. The van der Waals surface area contributed by atoms with Crippen LogP contribution in [0.1, 0.15) is 35.1 Å². The van der Waals surface area contributed by atoms with Crippen molar-refractivity contribution < 1.29 is 0 Å². The summed E-state index contributed by atoms with van der Waals surface area (Å²) in [4.78, 5) is 4.42. The second kappa shape index (κ2) is 10.7. The van der Waals surface area contributed by atoms with E-state index in [2.05, 4.69) is 145 Å². The number of rotatable bonds is 4. The lowest BCUT2D eigenvalue weighted by Crippen LogP contribution is -2.40. The van der Waals surface area contributed by atoms with Crippen molar-refractivity contribution >= 4 is 27.5 Å². The van der Waals surface area contributed by atoms with Gasteiger partial charge in [0.25, 0.3) is 0 Å². The molecule has 0 aliphatic heterocycles. The minimum absolute atomic E-state index is 0.252. The maximum absolute atomic E-state index is 4.42. The van der Waals surface area contributed by atoms with Gasteiger partial charge < -0.3 is 0 Å². The van der Waals surface area contributed by atoms with Crippen molar-refractivity contribution in [3.05, 3.63) is 179 Å². The monoisotopic (exact) mass is 551 g/mol. The first kappa shape index (κ1) is 25.7.